The summed E-state index contributed by atoms with van der Waals surface area (Å²) >= 11 is 0. The van der Waals surface area contributed by atoms with Gasteiger partial charge in [-0.1, -0.05) is 12.1 Å². The van der Waals surface area contributed by atoms with Crippen molar-refractivity contribution in [2.45, 2.75) is 0 Å². The van der Waals surface area contributed by atoms with E-state index in [2.05, 4.69) is 24.3 Å². The number of hydrogen-bond acceptors (Lipinski definition) is 0. The summed E-state index contributed by atoms with van der Waals surface area (Å²) in [5.74, 6) is 0. The normalized spacial score (nSPS) is 9.09. The van der Waals surface area contributed by atoms with Crippen molar-refractivity contribution in [2.24, 2.45) is 0 Å². The van der Waals surface area contributed by atoms with Crippen LogP contribution in [0.25, 0.3) is 11.1 Å². The van der Waals surface area contributed by atoms with Gasteiger partial charge in [-0.05, 0) is 0 Å². The molecule has 0 N–H and O–H groups in total. The Kier molecular flexibility index (Phi) is 2.69. The predicted octanol–water partition coefficient (Wildman–Crippen LogP) is 2.59. The van der Waals surface area contributed by atoms with Crippen molar-refractivity contribution in [1.29, 1.82) is 0 Å². The molecule has 0 saturated heterocycles. The molecule has 56 valence electrons. The molecule has 0 bridgehead atoms. The molecule has 0 unspecified atom stereocenters. The van der Waals surface area contributed by atoms with Crippen molar-refractivity contribution in [2.75, 3.05) is 0 Å². The Balaban J connectivity index is 0.000000605. The molecule has 2 rings (SSSR count). The van der Waals surface area contributed by atoms with Crippen LogP contribution in [0.3, 0.4) is 0 Å². The third-order valence-electron chi connectivity index (χ3n) is 1.57. The van der Waals surface area contributed by atoms with Crippen molar-refractivity contribution >= 4 is 0 Å². The topological polar surface area (TPSA) is 0 Å². The van der Waals surface area contributed by atoms with Gasteiger partial charge in [0.25, 0.3) is 0 Å². The summed E-state index contributed by atoms with van der Waals surface area (Å²) < 4.78 is 0. The van der Waals surface area contributed by atoms with E-state index in [9.17, 15) is 0 Å². The van der Waals surface area contributed by atoms with Gasteiger partial charge in [0, 0.05) is 17.1 Å². The van der Waals surface area contributed by atoms with Crippen molar-refractivity contribution in [3.8, 4) is 11.1 Å². The molecule has 0 atom stereocenters. The van der Waals surface area contributed by atoms with E-state index in [1.54, 1.807) is 0 Å². The van der Waals surface area contributed by atoms with Gasteiger partial charge in [0.15, 0.2) is 0 Å². The van der Waals surface area contributed by atoms with Crippen molar-refractivity contribution in [1.82, 2.24) is 0 Å². The van der Waals surface area contributed by atoms with Crippen LogP contribution in [0.1, 0.15) is 0 Å². The van der Waals surface area contributed by atoms with Crippen LogP contribution in [0.15, 0.2) is 42.5 Å². The molecular weight excluding hydrogens is 176 g/mol. The molecule has 0 fully saturated rings. The monoisotopic (exact) mass is 183 g/mol. The third-order valence-corrected chi connectivity index (χ3v) is 1.57. The number of hydrogen-bond donors (Lipinski definition) is 0. The van der Waals surface area contributed by atoms with Crippen molar-refractivity contribution in [3.63, 3.8) is 0 Å². The molecule has 0 aromatic carbocycles. The number of rotatable bonds is 0. The first-order chi connectivity index (χ1) is 4.97. The summed E-state index contributed by atoms with van der Waals surface area (Å²) in [6.07, 6.45) is 0. The van der Waals surface area contributed by atoms with Crippen LogP contribution < -0.4 is 0 Å². The van der Waals surface area contributed by atoms with Gasteiger partial charge >= 0.3 is 0 Å². The Labute approximate surface area is 77.1 Å². The fraction of sp³-hybridized carbons (Fsp3) is 0. The third kappa shape index (κ3) is 1.62. The Morgan fingerprint density at radius 1 is 0.909 bits per heavy atom. The smallest absolute Gasteiger partial charge is 0 e. The van der Waals surface area contributed by atoms with Crippen LogP contribution in [0.5, 0.6) is 0 Å². The van der Waals surface area contributed by atoms with Crippen LogP contribution in [-0.4, -0.2) is 0 Å². The average Bonchev–Trinajstić information content (AvgIpc) is 2.28. The Morgan fingerprint density at radius 3 is 2.64 bits per heavy atom. The average molecular weight is 183 g/mol. The maximum Gasteiger partial charge on any atom is 0 e. The standard InChI is InChI=1S/C10H7.Fe/c1-2-5-9-7-4-8-10(9)6-3-1;/h1-7H;/q-1;. The largest absolute Gasteiger partial charge is 0.168 e. The summed E-state index contributed by atoms with van der Waals surface area (Å²) in [4.78, 5) is 0. The molecule has 0 spiro atoms. The first-order valence-corrected chi connectivity index (χ1v) is 3.32. The van der Waals surface area contributed by atoms with Gasteiger partial charge < -0.3 is 0 Å². The van der Waals surface area contributed by atoms with E-state index in [4.69, 9.17) is 0 Å². The van der Waals surface area contributed by atoms with Gasteiger partial charge in [-0.25, -0.2) is 0 Å². The molecule has 2 aliphatic carbocycles. The molecule has 1 heteroatoms. The molecule has 0 radical (unpaired) electrons. The zero-order valence-electron chi connectivity index (χ0n) is 5.90. The summed E-state index contributed by atoms with van der Waals surface area (Å²) in [7, 11) is 0. The fourth-order valence-electron chi connectivity index (χ4n) is 1.06. The molecule has 0 amide bonds. The van der Waals surface area contributed by atoms with Crippen molar-refractivity contribution in [3.05, 3.63) is 48.5 Å². The second-order valence-corrected chi connectivity index (χ2v) is 2.26. The minimum atomic E-state index is 0. The number of fused-ring (bicyclic) bond motifs is 1. The molecule has 0 nitrogen and oxygen atoms in total. The van der Waals surface area contributed by atoms with E-state index in [1.165, 1.54) is 11.1 Å². The molecule has 0 aliphatic heterocycles. The zero-order chi connectivity index (χ0) is 6.81. The minimum Gasteiger partial charge on any atom is -0.168 e. The molecule has 2 aliphatic rings. The second-order valence-electron chi connectivity index (χ2n) is 2.26. The van der Waals surface area contributed by atoms with E-state index in [0.29, 0.717) is 0 Å². The molecule has 0 heterocycles. The van der Waals surface area contributed by atoms with Gasteiger partial charge in [0.2, 0.25) is 0 Å². The summed E-state index contributed by atoms with van der Waals surface area (Å²) in [6, 6.07) is 17.4. The molecule has 0 aromatic heterocycles. The van der Waals surface area contributed by atoms with Crippen LogP contribution in [0.2, 0.25) is 0 Å². The van der Waals surface area contributed by atoms with Crippen LogP contribution in [-0.2, 0) is 17.1 Å². The zero-order valence-corrected chi connectivity index (χ0v) is 7.00. The SMILES string of the molecule is [Fe].[c-]1ccc2cccccc1-2. The quantitative estimate of drug-likeness (QED) is 0.435. The Bertz CT molecular complexity index is 276. The summed E-state index contributed by atoms with van der Waals surface area (Å²) in [6.45, 7) is 0. The van der Waals surface area contributed by atoms with E-state index < -0.39 is 0 Å². The maximum absolute atomic E-state index is 3.14. The van der Waals surface area contributed by atoms with Crippen LogP contribution in [0.4, 0.5) is 0 Å². The van der Waals surface area contributed by atoms with Gasteiger partial charge in [-0.3, -0.25) is 0 Å². The first kappa shape index (κ1) is 8.32. The van der Waals surface area contributed by atoms with E-state index >= 15 is 0 Å². The van der Waals surface area contributed by atoms with Crippen LogP contribution in [0, 0.1) is 6.07 Å². The molecular formula is C10H7Fe-. The molecule has 0 aromatic rings. The fourth-order valence-corrected chi connectivity index (χ4v) is 1.06. The van der Waals surface area contributed by atoms with E-state index in [1.807, 2.05) is 24.3 Å². The summed E-state index contributed by atoms with van der Waals surface area (Å²) in [5.41, 5.74) is 2.44. The second kappa shape index (κ2) is 3.56. The van der Waals surface area contributed by atoms with E-state index in [-0.39, 0.29) is 17.1 Å². The maximum atomic E-state index is 3.14. The Hall–Kier alpha value is -0.781. The van der Waals surface area contributed by atoms with Gasteiger partial charge in [0.05, 0.1) is 0 Å². The van der Waals surface area contributed by atoms with Gasteiger partial charge in [-0.15, -0.1) is 29.8 Å². The molecule has 11 heavy (non-hydrogen) atoms. The predicted molar refractivity (Wildman–Crippen MR) is 41.9 cm³/mol. The van der Waals surface area contributed by atoms with Gasteiger partial charge in [0.1, 0.15) is 0 Å². The van der Waals surface area contributed by atoms with Crippen LogP contribution >= 0.6 is 0 Å². The first-order valence-electron chi connectivity index (χ1n) is 3.32. The van der Waals surface area contributed by atoms with E-state index in [0.717, 1.165) is 0 Å². The summed E-state index contributed by atoms with van der Waals surface area (Å²) in [5, 5.41) is 0. The Morgan fingerprint density at radius 2 is 1.73 bits per heavy atom. The van der Waals surface area contributed by atoms with Crippen molar-refractivity contribution < 1.29 is 17.1 Å². The molecule has 0 saturated carbocycles. The van der Waals surface area contributed by atoms with Gasteiger partial charge in [-0.2, -0.15) is 17.7 Å². The minimum absolute atomic E-state index is 0.